The second-order valence-corrected chi connectivity index (χ2v) is 7.99. The summed E-state index contributed by atoms with van der Waals surface area (Å²) in [7, 11) is -1.67. The Bertz CT molecular complexity index is 705. The van der Waals surface area contributed by atoms with E-state index in [-0.39, 0.29) is 0 Å². The molecule has 0 N–H and O–H groups in total. The lowest BCUT2D eigenvalue weighted by Gasteiger charge is -2.19. The largest absolute Gasteiger partial charge is 0.497 e. The molecule has 0 saturated heterocycles. The Kier molecular flexibility index (Phi) is 7.05. The van der Waals surface area contributed by atoms with Crippen molar-refractivity contribution in [2.75, 3.05) is 20.3 Å². The highest BCUT2D eigenvalue weighted by atomic mass is 79.9. The average molecular weight is 413 g/mol. The van der Waals surface area contributed by atoms with E-state index >= 15 is 0 Å². The Morgan fingerprint density at radius 3 is 2.08 bits per heavy atom. The van der Waals surface area contributed by atoms with Gasteiger partial charge >= 0.3 is 7.60 Å². The van der Waals surface area contributed by atoms with Crippen molar-refractivity contribution in [3.63, 3.8) is 0 Å². The van der Waals surface area contributed by atoms with Crippen molar-refractivity contribution in [2.45, 2.75) is 20.3 Å². The molecular weight excluding hydrogens is 391 g/mol. The molecule has 0 unspecified atom stereocenters. The first-order valence-corrected chi connectivity index (χ1v) is 10.2. The first-order valence-electron chi connectivity index (χ1n) is 7.83. The molecule has 0 fully saturated rings. The quantitative estimate of drug-likeness (QED) is 0.576. The Hall–Kier alpha value is -1.13. The summed E-state index contributed by atoms with van der Waals surface area (Å²) in [6.07, 6.45) is 0.725. The monoisotopic (exact) mass is 412 g/mol. The SMILES string of the molecule is CCOP(=O)(OCC)c1cc(Cc2ccc(OC)cc2)ccc1Br. The van der Waals surface area contributed by atoms with Gasteiger partial charge in [0, 0.05) is 4.47 Å². The molecule has 0 radical (unpaired) electrons. The van der Waals surface area contributed by atoms with Crippen LogP contribution in [0.4, 0.5) is 0 Å². The Balaban J connectivity index is 2.31. The fourth-order valence-electron chi connectivity index (χ4n) is 2.37. The van der Waals surface area contributed by atoms with Crippen molar-refractivity contribution in [3.8, 4) is 5.75 Å². The van der Waals surface area contributed by atoms with Crippen LogP contribution in [0.2, 0.25) is 0 Å². The van der Waals surface area contributed by atoms with Crippen molar-refractivity contribution >= 4 is 28.8 Å². The van der Waals surface area contributed by atoms with E-state index in [4.69, 9.17) is 13.8 Å². The lowest BCUT2D eigenvalue weighted by molar-refractivity contribution is 0.230. The standard InChI is InChI=1S/C18H22BrO4P/c1-4-22-24(20,23-5-2)18-13-15(8-11-17(18)19)12-14-6-9-16(21-3)10-7-14/h6-11,13H,4-5,12H2,1-3H3. The van der Waals surface area contributed by atoms with Crippen LogP contribution in [-0.2, 0) is 20.0 Å². The minimum Gasteiger partial charge on any atom is -0.497 e. The summed E-state index contributed by atoms with van der Waals surface area (Å²) in [5.74, 6) is 0.826. The molecule has 2 rings (SSSR count). The van der Waals surface area contributed by atoms with Gasteiger partial charge in [-0.15, -0.1) is 0 Å². The van der Waals surface area contributed by atoms with Gasteiger partial charge in [0.2, 0.25) is 0 Å². The topological polar surface area (TPSA) is 44.8 Å². The van der Waals surface area contributed by atoms with E-state index in [1.165, 1.54) is 0 Å². The molecule has 130 valence electrons. The Morgan fingerprint density at radius 1 is 0.958 bits per heavy atom. The van der Waals surface area contributed by atoms with Crippen molar-refractivity contribution in [2.24, 2.45) is 0 Å². The minimum atomic E-state index is -3.32. The van der Waals surface area contributed by atoms with Crippen molar-refractivity contribution in [3.05, 3.63) is 58.1 Å². The first-order chi connectivity index (χ1) is 11.5. The zero-order valence-corrected chi connectivity index (χ0v) is 16.6. The number of rotatable bonds is 8. The van der Waals surface area contributed by atoms with Crippen LogP contribution in [0.1, 0.15) is 25.0 Å². The molecule has 24 heavy (non-hydrogen) atoms. The third kappa shape index (κ3) is 4.70. The molecule has 2 aromatic rings. The maximum atomic E-state index is 13.0. The molecule has 0 bridgehead atoms. The molecule has 0 atom stereocenters. The van der Waals surface area contributed by atoms with Crippen LogP contribution in [0.5, 0.6) is 5.75 Å². The van der Waals surface area contributed by atoms with E-state index in [1.807, 2.05) is 42.5 Å². The van der Waals surface area contributed by atoms with Gasteiger partial charge in [-0.2, -0.15) is 0 Å². The van der Waals surface area contributed by atoms with Crippen molar-refractivity contribution in [1.82, 2.24) is 0 Å². The average Bonchev–Trinajstić information content (AvgIpc) is 2.57. The van der Waals surface area contributed by atoms with Crippen LogP contribution in [-0.4, -0.2) is 20.3 Å². The van der Waals surface area contributed by atoms with Gasteiger partial charge in [-0.05, 0) is 71.6 Å². The minimum absolute atomic E-state index is 0.326. The van der Waals surface area contributed by atoms with Gasteiger partial charge in [0.25, 0.3) is 0 Å². The highest BCUT2D eigenvalue weighted by molar-refractivity contribution is 9.10. The van der Waals surface area contributed by atoms with Gasteiger partial charge in [-0.3, -0.25) is 4.57 Å². The zero-order chi connectivity index (χ0) is 17.6. The second-order valence-electron chi connectivity index (χ2n) is 5.14. The predicted octanol–water partition coefficient (Wildman–Crippen LogP) is 4.94. The maximum absolute atomic E-state index is 13.0. The van der Waals surface area contributed by atoms with Crippen LogP contribution < -0.4 is 10.0 Å². The molecule has 0 heterocycles. The van der Waals surface area contributed by atoms with E-state index in [0.717, 1.165) is 27.8 Å². The molecule has 0 aliphatic heterocycles. The van der Waals surface area contributed by atoms with E-state index in [2.05, 4.69) is 15.9 Å². The van der Waals surface area contributed by atoms with E-state index < -0.39 is 7.60 Å². The number of hydrogen-bond donors (Lipinski definition) is 0. The zero-order valence-electron chi connectivity index (χ0n) is 14.1. The highest BCUT2D eigenvalue weighted by Crippen LogP contribution is 2.48. The van der Waals surface area contributed by atoms with Crippen LogP contribution in [0.15, 0.2) is 46.9 Å². The molecule has 0 aliphatic rings. The summed E-state index contributed by atoms with van der Waals surface area (Å²) in [6, 6.07) is 13.7. The lowest BCUT2D eigenvalue weighted by Crippen LogP contribution is -2.13. The van der Waals surface area contributed by atoms with Gasteiger partial charge in [-0.1, -0.05) is 18.2 Å². The van der Waals surface area contributed by atoms with Gasteiger partial charge in [0.05, 0.1) is 25.6 Å². The predicted molar refractivity (Wildman–Crippen MR) is 100 cm³/mol. The second kappa shape index (κ2) is 8.82. The van der Waals surface area contributed by atoms with E-state index in [0.29, 0.717) is 18.5 Å². The molecule has 6 heteroatoms. The van der Waals surface area contributed by atoms with Gasteiger partial charge in [0.1, 0.15) is 5.75 Å². The molecule has 0 saturated carbocycles. The number of ether oxygens (including phenoxy) is 1. The Morgan fingerprint density at radius 2 is 1.54 bits per heavy atom. The first kappa shape index (κ1) is 19.2. The normalized spacial score (nSPS) is 11.5. The summed E-state index contributed by atoms with van der Waals surface area (Å²) in [5, 5.41) is 0.567. The van der Waals surface area contributed by atoms with Gasteiger partial charge in [-0.25, -0.2) is 0 Å². The molecule has 0 aromatic heterocycles. The number of methoxy groups -OCH3 is 1. The van der Waals surface area contributed by atoms with Crippen LogP contribution in [0.3, 0.4) is 0 Å². The van der Waals surface area contributed by atoms with Gasteiger partial charge in [0.15, 0.2) is 0 Å². The van der Waals surface area contributed by atoms with Crippen molar-refractivity contribution < 1.29 is 18.3 Å². The summed E-state index contributed by atoms with van der Waals surface area (Å²) in [5.41, 5.74) is 2.18. The molecular formula is C18H22BrO4P. The van der Waals surface area contributed by atoms with E-state index in [1.54, 1.807) is 21.0 Å². The fourth-order valence-corrected chi connectivity index (χ4v) is 4.96. The third-order valence-electron chi connectivity index (χ3n) is 3.47. The smallest absolute Gasteiger partial charge is 0.362 e. The molecule has 2 aromatic carbocycles. The summed E-state index contributed by atoms with van der Waals surface area (Å²) in [4.78, 5) is 0. The summed E-state index contributed by atoms with van der Waals surface area (Å²) < 4.78 is 29.9. The number of benzene rings is 2. The summed E-state index contributed by atoms with van der Waals surface area (Å²) in [6.45, 7) is 4.26. The van der Waals surface area contributed by atoms with Gasteiger partial charge < -0.3 is 13.8 Å². The summed E-state index contributed by atoms with van der Waals surface area (Å²) >= 11 is 3.46. The van der Waals surface area contributed by atoms with Crippen LogP contribution in [0, 0.1) is 0 Å². The lowest BCUT2D eigenvalue weighted by atomic mass is 10.1. The number of halogens is 1. The van der Waals surface area contributed by atoms with E-state index in [9.17, 15) is 4.57 Å². The molecule has 4 nitrogen and oxygen atoms in total. The molecule has 0 spiro atoms. The third-order valence-corrected chi connectivity index (χ3v) is 6.63. The maximum Gasteiger partial charge on any atom is 0.362 e. The van der Waals surface area contributed by atoms with Crippen LogP contribution in [0.25, 0.3) is 0 Å². The fraction of sp³-hybridized carbons (Fsp3) is 0.333. The van der Waals surface area contributed by atoms with Crippen molar-refractivity contribution in [1.29, 1.82) is 0 Å². The molecule has 0 aliphatic carbocycles. The Labute approximate surface area is 151 Å². The molecule has 0 amide bonds. The highest BCUT2D eigenvalue weighted by Gasteiger charge is 2.29. The number of hydrogen-bond acceptors (Lipinski definition) is 4. The van der Waals surface area contributed by atoms with Crippen LogP contribution >= 0.6 is 23.5 Å².